The number of hydrazone groups is 1. The van der Waals surface area contributed by atoms with Gasteiger partial charge in [-0.1, -0.05) is 36.7 Å². The second-order valence-corrected chi connectivity index (χ2v) is 10.5. The molecule has 0 spiro atoms. The van der Waals surface area contributed by atoms with E-state index in [-0.39, 0.29) is 11.5 Å². The molecule has 4 nitrogen and oxygen atoms in total. The van der Waals surface area contributed by atoms with E-state index in [0.29, 0.717) is 5.41 Å². The summed E-state index contributed by atoms with van der Waals surface area (Å²) < 4.78 is 2.09. The SMILES string of the molecule is C[n+]1ccccc1N/N=C1\CC[C@H]2[C@@H]3CCC4=C[C@@H](O)CC[C@]4(C)[C@H]3CC[C@]12C. The van der Waals surface area contributed by atoms with Gasteiger partial charge in [0.05, 0.1) is 25.1 Å². The number of hydrogen-bond acceptors (Lipinski definition) is 3. The Morgan fingerprint density at radius 2 is 1.83 bits per heavy atom. The number of fused-ring (bicyclic) bond motifs is 5. The van der Waals surface area contributed by atoms with Crippen LogP contribution in [0.3, 0.4) is 0 Å². The van der Waals surface area contributed by atoms with Crippen LogP contribution in [0.15, 0.2) is 41.1 Å². The first kappa shape index (κ1) is 19.3. The van der Waals surface area contributed by atoms with E-state index in [1.54, 1.807) is 5.57 Å². The molecule has 4 heteroatoms. The van der Waals surface area contributed by atoms with E-state index in [0.717, 1.165) is 42.8 Å². The molecule has 6 atom stereocenters. The van der Waals surface area contributed by atoms with Crippen molar-refractivity contribution in [1.29, 1.82) is 0 Å². The predicted octanol–water partition coefficient (Wildman–Crippen LogP) is 4.60. The molecule has 0 bridgehead atoms. The summed E-state index contributed by atoms with van der Waals surface area (Å²) in [5.74, 6) is 3.40. The highest BCUT2D eigenvalue weighted by Crippen LogP contribution is 2.64. The molecular weight excluding hydrogens is 358 g/mol. The third kappa shape index (κ3) is 2.98. The molecule has 0 amide bonds. The van der Waals surface area contributed by atoms with E-state index in [9.17, 15) is 5.11 Å². The van der Waals surface area contributed by atoms with E-state index in [2.05, 4.69) is 55.3 Å². The van der Waals surface area contributed by atoms with Crippen molar-refractivity contribution in [1.82, 2.24) is 0 Å². The molecule has 2 N–H and O–H groups in total. The number of anilines is 1. The molecule has 0 radical (unpaired) electrons. The third-order valence-corrected chi connectivity index (χ3v) is 9.19. The van der Waals surface area contributed by atoms with Gasteiger partial charge >= 0.3 is 0 Å². The van der Waals surface area contributed by atoms with Crippen LogP contribution in [0.5, 0.6) is 0 Å². The van der Waals surface area contributed by atoms with E-state index in [4.69, 9.17) is 5.10 Å². The van der Waals surface area contributed by atoms with Crippen molar-refractivity contribution in [2.75, 3.05) is 5.43 Å². The Hall–Kier alpha value is -1.68. The average Bonchev–Trinajstić information content (AvgIpc) is 3.04. The van der Waals surface area contributed by atoms with Crippen molar-refractivity contribution >= 4 is 11.5 Å². The Morgan fingerprint density at radius 1 is 1.03 bits per heavy atom. The summed E-state index contributed by atoms with van der Waals surface area (Å²) >= 11 is 0. The number of aromatic nitrogens is 1. The number of aliphatic hydroxyl groups is 1. The van der Waals surface area contributed by atoms with Gasteiger partial charge in [0.15, 0.2) is 0 Å². The van der Waals surface area contributed by atoms with Crippen LogP contribution in [0.25, 0.3) is 0 Å². The lowest BCUT2D eigenvalue weighted by molar-refractivity contribution is -0.657. The fraction of sp³-hybridized carbons (Fsp3) is 0.680. The largest absolute Gasteiger partial charge is 0.389 e. The van der Waals surface area contributed by atoms with Gasteiger partial charge in [0.1, 0.15) is 0 Å². The van der Waals surface area contributed by atoms with Crippen LogP contribution >= 0.6 is 0 Å². The van der Waals surface area contributed by atoms with E-state index in [1.807, 2.05) is 6.07 Å². The Morgan fingerprint density at radius 3 is 2.66 bits per heavy atom. The summed E-state index contributed by atoms with van der Waals surface area (Å²) in [6.07, 6.45) is 13.6. The van der Waals surface area contributed by atoms with Gasteiger partial charge in [0.25, 0.3) is 5.82 Å². The van der Waals surface area contributed by atoms with Crippen molar-refractivity contribution < 1.29 is 9.67 Å². The summed E-state index contributed by atoms with van der Waals surface area (Å²) in [6.45, 7) is 5.00. The molecule has 1 heterocycles. The van der Waals surface area contributed by atoms with Crippen LogP contribution in [0.1, 0.15) is 65.2 Å². The van der Waals surface area contributed by atoms with Gasteiger partial charge in [-0.3, -0.25) is 0 Å². The molecule has 5 rings (SSSR count). The number of nitrogens with one attached hydrogen (secondary N) is 1. The lowest BCUT2D eigenvalue weighted by Gasteiger charge is -2.57. The minimum Gasteiger partial charge on any atom is -0.389 e. The molecule has 1 aromatic rings. The first-order valence-corrected chi connectivity index (χ1v) is 11.6. The van der Waals surface area contributed by atoms with Crippen LogP contribution in [0, 0.1) is 28.6 Å². The molecule has 156 valence electrons. The van der Waals surface area contributed by atoms with Crippen LogP contribution in [0.2, 0.25) is 0 Å². The first-order valence-electron chi connectivity index (χ1n) is 11.6. The number of hydrogen-bond donors (Lipinski definition) is 2. The molecule has 3 fully saturated rings. The van der Waals surface area contributed by atoms with Gasteiger partial charge in [0, 0.05) is 11.5 Å². The fourth-order valence-corrected chi connectivity index (χ4v) is 7.45. The fourth-order valence-electron chi connectivity index (χ4n) is 7.45. The zero-order valence-electron chi connectivity index (χ0n) is 18.2. The summed E-state index contributed by atoms with van der Waals surface area (Å²) in [6, 6.07) is 6.19. The maximum absolute atomic E-state index is 10.2. The predicted molar refractivity (Wildman–Crippen MR) is 116 cm³/mol. The summed E-state index contributed by atoms with van der Waals surface area (Å²) in [5.41, 5.74) is 6.86. The molecule has 4 aliphatic rings. The van der Waals surface area contributed by atoms with Crippen LogP contribution in [-0.2, 0) is 7.05 Å². The quantitative estimate of drug-likeness (QED) is 0.437. The van der Waals surface area contributed by atoms with Gasteiger partial charge in [-0.15, -0.1) is 5.43 Å². The topological polar surface area (TPSA) is 48.5 Å². The van der Waals surface area contributed by atoms with Gasteiger partial charge in [-0.05, 0) is 80.6 Å². The molecule has 0 saturated heterocycles. The molecule has 0 unspecified atom stereocenters. The van der Waals surface area contributed by atoms with E-state index in [1.165, 1.54) is 37.8 Å². The van der Waals surface area contributed by atoms with Gasteiger partial charge in [-0.25, -0.2) is 4.57 Å². The van der Waals surface area contributed by atoms with Gasteiger partial charge < -0.3 is 5.11 Å². The maximum Gasteiger partial charge on any atom is 0.299 e. The monoisotopic (exact) mass is 394 g/mol. The third-order valence-electron chi connectivity index (χ3n) is 9.19. The Kier molecular flexibility index (Phi) is 4.62. The first-order chi connectivity index (χ1) is 13.9. The molecule has 4 aliphatic carbocycles. The van der Waals surface area contributed by atoms with Crippen molar-refractivity contribution in [3.05, 3.63) is 36.0 Å². The highest BCUT2D eigenvalue weighted by molar-refractivity contribution is 5.92. The summed E-state index contributed by atoms with van der Waals surface area (Å²) in [4.78, 5) is 0. The standard InChI is InChI=1S/C25H35N3O/c1-24-13-11-18(29)16-17(24)7-8-19-20-9-10-22(25(20,2)14-12-21(19)24)26-27-23-6-4-5-15-28(23)3/h4-6,15-16,18-21,29H,7-14H2,1-3H3/p+1/b26-22+/t18-,19-,20-,21-,24-,25-/m0/s1. The normalized spacial score (nSPS) is 42.6. The molecule has 3 saturated carbocycles. The number of aryl methyl sites for hydroxylation is 1. The Bertz CT molecular complexity index is 861. The summed E-state index contributed by atoms with van der Waals surface area (Å²) in [5, 5.41) is 15.1. The van der Waals surface area contributed by atoms with Crippen LogP contribution in [0.4, 0.5) is 5.82 Å². The van der Waals surface area contributed by atoms with Crippen LogP contribution in [-0.4, -0.2) is 16.9 Å². The lowest BCUT2D eigenvalue weighted by Crippen LogP contribution is -2.50. The van der Waals surface area contributed by atoms with E-state index >= 15 is 0 Å². The average molecular weight is 395 g/mol. The molecule has 1 aromatic heterocycles. The zero-order chi connectivity index (χ0) is 20.2. The van der Waals surface area contributed by atoms with Crippen molar-refractivity contribution in [3.63, 3.8) is 0 Å². The number of rotatable bonds is 2. The molecule has 0 aromatic carbocycles. The highest BCUT2D eigenvalue weighted by atomic mass is 16.3. The highest BCUT2D eigenvalue weighted by Gasteiger charge is 2.58. The number of nitrogens with zero attached hydrogens (tertiary/aromatic N) is 2. The minimum atomic E-state index is -0.209. The maximum atomic E-state index is 10.2. The minimum absolute atomic E-state index is 0.209. The van der Waals surface area contributed by atoms with Crippen molar-refractivity contribution in [3.8, 4) is 0 Å². The number of aliphatic hydroxyl groups excluding tert-OH is 1. The molecule has 29 heavy (non-hydrogen) atoms. The van der Waals surface area contributed by atoms with Crippen LogP contribution < -0.4 is 9.99 Å². The van der Waals surface area contributed by atoms with E-state index < -0.39 is 0 Å². The van der Waals surface area contributed by atoms with Gasteiger partial charge in [0.2, 0.25) is 0 Å². The Balaban J connectivity index is 1.39. The smallest absolute Gasteiger partial charge is 0.299 e. The second kappa shape index (κ2) is 6.94. The number of pyridine rings is 1. The van der Waals surface area contributed by atoms with Crippen molar-refractivity contribution in [2.45, 2.75) is 71.3 Å². The summed E-state index contributed by atoms with van der Waals surface area (Å²) in [7, 11) is 2.06. The van der Waals surface area contributed by atoms with Crippen molar-refractivity contribution in [2.24, 2.45) is 40.7 Å². The lowest BCUT2D eigenvalue weighted by atomic mass is 9.47. The Labute approximate surface area is 175 Å². The molecule has 0 aliphatic heterocycles. The number of allylic oxidation sites excluding steroid dienone is 1. The second-order valence-electron chi connectivity index (χ2n) is 10.5. The molecular formula is C25H36N3O+. The zero-order valence-corrected chi connectivity index (χ0v) is 18.2. The van der Waals surface area contributed by atoms with Gasteiger partial charge in [-0.2, -0.15) is 0 Å².